The van der Waals surface area contributed by atoms with Gasteiger partial charge < -0.3 is 30.2 Å². The zero-order chi connectivity index (χ0) is 42.1. The number of amides is 2. The van der Waals surface area contributed by atoms with E-state index < -0.39 is 11.7 Å². The van der Waals surface area contributed by atoms with E-state index in [1.807, 2.05) is 20.8 Å². The quantitative estimate of drug-likeness (QED) is 0.0415. The van der Waals surface area contributed by atoms with E-state index >= 15 is 0 Å². The maximum absolute atomic E-state index is 13.0. The van der Waals surface area contributed by atoms with Crippen LogP contribution in [0.4, 0.5) is 4.79 Å². The zero-order valence-corrected chi connectivity index (χ0v) is 38.6. The molecule has 0 heterocycles. The van der Waals surface area contributed by atoms with E-state index in [9.17, 15) is 14.4 Å². The Balaban J connectivity index is 4.80. The van der Waals surface area contributed by atoms with E-state index in [1.165, 1.54) is 122 Å². The standard InChI is InChI=1S/C48H95N3O6/c1-7-10-13-16-18-20-21-23-24-27-30-34-45(52)51-43(36-40-49-38-32-39-50-47(54)57-48(4,5)6)42-55-41-37-44(33-29-26-15-12-9-3)56-46(53)35-31-28-25-22-19-17-14-11-8-2/h43-44,49H,7-42H2,1-6H3,(H,50,54)(H,51,52)/t43-,44+/m0/s1. The van der Waals surface area contributed by atoms with Crippen molar-refractivity contribution in [2.75, 3.05) is 32.8 Å². The third kappa shape index (κ3) is 42.1. The van der Waals surface area contributed by atoms with Crippen LogP contribution in [0, 0.1) is 0 Å². The number of nitrogens with one attached hydrogen (secondary N) is 3. The summed E-state index contributed by atoms with van der Waals surface area (Å²) in [6.45, 7) is 15.3. The summed E-state index contributed by atoms with van der Waals surface area (Å²) in [5.41, 5.74) is -0.511. The van der Waals surface area contributed by atoms with Crippen LogP contribution in [-0.4, -0.2) is 68.6 Å². The molecule has 0 unspecified atom stereocenters. The van der Waals surface area contributed by atoms with Gasteiger partial charge in [-0.05, 0) is 72.4 Å². The molecule has 338 valence electrons. The average Bonchev–Trinajstić information content (AvgIpc) is 3.16. The van der Waals surface area contributed by atoms with Gasteiger partial charge in [0.25, 0.3) is 0 Å². The number of hydrogen-bond acceptors (Lipinski definition) is 7. The number of carbonyl (C=O) groups is 3. The van der Waals surface area contributed by atoms with Gasteiger partial charge in [0, 0.05) is 25.8 Å². The summed E-state index contributed by atoms with van der Waals surface area (Å²) in [4.78, 5) is 37.8. The number of rotatable bonds is 42. The molecule has 2 atom stereocenters. The minimum atomic E-state index is -0.511. The molecule has 0 fully saturated rings. The van der Waals surface area contributed by atoms with Gasteiger partial charge in [-0.25, -0.2) is 4.79 Å². The first-order valence-electron chi connectivity index (χ1n) is 24.3. The summed E-state index contributed by atoms with van der Waals surface area (Å²) in [7, 11) is 0. The topological polar surface area (TPSA) is 115 Å². The van der Waals surface area contributed by atoms with Gasteiger partial charge in [-0.2, -0.15) is 0 Å². The maximum Gasteiger partial charge on any atom is 0.407 e. The highest BCUT2D eigenvalue weighted by atomic mass is 16.6. The van der Waals surface area contributed by atoms with E-state index in [0.29, 0.717) is 39.0 Å². The van der Waals surface area contributed by atoms with Crippen LogP contribution in [0.25, 0.3) is 0 Å². The van der Waals surface area contributed by atoms with E-state index in [4.69, 9.17) is 14.2 Å². The van der Waals surface area contributed by atoms with Crippen molar-refractivity contribution < 1.29 is 28.6 Å². The average molecular weight is 810 g/mol. The highest BCUT2D eigenvalue weighted by Gasteiger charge is 2.18. The fourth-order valence-electron chi connectivity index (χ4n) is 7.07. The van der Waals surface area contributed by atoms with Crippen molar-refractivity contribution in [1.29, 1.82) is 0 Å². The van der Waals surface area contributed by atoms with Crippen molar-refractivity contribution in [2.45, 2.75) is 258 Å². The Bertz CT molecular complexity index is 911. The van der Waals surface area contributed by atoms with Crippen LogP contribution in [0.3, 0.4) is 0 Å². The van der Waals surface area contributed by atoms with Gasteiger partial charge in [0.15, 0.2) is 0 Å². The molecular weight excluding hydrogens is 715 g/mol. The number of carbonyl (C=O) groups excluding carboxylic acids is 3. The molecular formula is C48H95N3O6. The van der Waals surface area contributed by atoms with Gasteiger partial charge in [0.05, 0.1) is 19.3 Å². The van der Waals surface area contributed by atoms with Crippen LogP contribution < -0.4 is 16.0 Å². The molecule has 0 aliphatic carbocycles. The Hall–Kier alpha value is -1.87. The lowest BCUT2D eigenvalue weighted by Crippen LogP contribution is -2.40. The highest BCUT2D eigenvalue weighted by molar-refractivity contribution is 5.76. The molecule has 3 N–H and O–H groups in total. The number of hydrogen-bond donors (Lipinski definition) is 3. The van der Waals surface area contributed by atoms with Gasteiger partial charge in [-0.15, -0.1) is 0 Å². The summed E-state index contributed by atoms with van der Waals surface area (Å²) >= 11 is 0. The summed E-state index contributed by atoms with van der Waals surface area (Å²) in [5.74, 6) is 0.0212. The normalized spacial score (nSPS) is 12.7. The Morgan fingerprint density at radius 3 is 1.54 bits per heavy atom. The second-order valence-electron chi connectivity index (χ2n) is 17.6. The SMILES string of the molecule is CCCCCCCCCCCCCC(=O)N[C@@H](CCNCCCNC(=O)OC(C)(C)C)COCC[C@@H](CCCCCCC)OC(=O)CCCCCCCCCCC. The van der Waals surface area contributed by atoms with Gasteiger partial charge in [-0.1, -0.05) is 162 Å². The van der Waals surface area contributed by atoms with E-state index in [0.717, 1.165) is 70.9 Å². The van der Waals surface area contributed by atoms with Crippen LogP contribution in [0.1, 0.15) is 241 Å². The Labute approximate surface area is 352 Å². The number of ether oxygens (including phenoxy) is 3. The fourth-order valence-corrected chi connectivity index (χ4v) is 7.07. The van der Waals surface area contributed by atoms with Crippen LogP contribution in [0.15, 0.2) is 0 Å². The molecule has 0 spiro atoms. The lowest BCUT2D eigenvalue weighted by molar-refractivity contribution is -0.150. The molecule has 2 amide bonds. The molecule has 9 nitrogen and oxygen atoms in total. The minimum absolute atomic E-state index is 0.0728. The largest absolute Gasteiger partial charge is 0.462 e. The number of unbranched alkanes of at least 4 members (excludes halogenated alkanes) is 22. The minimum Gasteiger partial charge on any atom is -0.462 e. The maximum atomic E-state index is 13.0. The first-order valence-corrected chi connectivity index (χ1v) is 24.3. The van der Waals surface area contributed by atoms with Crippen LogP contribution in [0.5, 0.6) is 0 Å². The smallest absolute Gasteiger partial charge is 0.407 e. The molecule has 0 radical (unpaired) electrons. The zero-order valence-electron chi connectivity index (χ0n) is 38.6. The van der Waals surface area contributed by atoms with Crippen molar-refractivity contribution in [2.24, 2.45) is 0 Å². The molecule has 0 aromatic heterocycles. The first kappa shape index (κ1) is 55.1. The molecule has 57 heavy (non-hydrogen) atoms. The van der Waals surface area contributed by atoms with Gasteiger partial charge in [0.2, 0.25) is 5.91 Å². The predicted molar refractivity (Wildman–Crippen MR) is 240 cm³/mol. The Morgan fingerprint density at radius 2 is 1.02 bits per heavy atom. The van der Waals surface area contributed by atoms with Crippen LogP contribution >= 0.6 is 0 Å². The van der Waals surface area contributed by atoms with Gasteiger partial charge in [-0.3, -0.25) is 9.59 Å². The Morgan fingerprint density at radius 1 is 0.526 bits per heavy atom. The summed E-state index contributed by atoms with van der Waals surface area (Å²) in [6.07, 6.45) is 34.5. The van der Waals surface area contributed by atoms with E-state index in [-0.39, 0.29) is 24.0 Å². The molecule has 0 aliphatic rings. The van der Waals surface area contributed by atoms with Gasteiger partial charge in [0.1, 0.15) is 11.7 Å². The third-order valence-electron chi connectivity index (χ3n) is 10.6. The number of alkyl carbamates (subject to hydrolysis) is 1. The highest BCUT2D eigenvalue weighted by Crippen LogP contribution is 2.16. The second kappa shape index (κ2) is 40.9. The molecule has 9 heteroatoms. The second-order valence-corrected chi connectivity index (χ2v) is 17.6. The summed E-state index contributed by atoms with van der Waals surface area (Å²) in [6, 6.07) is -0.0979. The summed E-state index contributed by atoms with van der Waals surface area (Å²) < 4.78 is 17.5. The molecule has 0 saturated carbocycles. The van der Waals surface area contributed by atoms with Crippen LogP contribution in [-0.2, 0) is 23.8 Å². The van der Waals surface area contributed by atoms with Crippen molar-refractivity contribution in [3.8, 4) is 0 Å². The monoisotopic (exact) mass is 810 g/mol. The van der Waals surface area contributed by atoms with Crippen molar-refractivity contribution in [3.63, 3.8) is 0 Å². The first-order chi connectivity index (χ1) is 27.6. The fraction of sp³-hybridized carbons (Fsp3) is 0.938. The van der Waals surface area contributed by atoms with Crippen molar-refractivity contribution in [3.05, 3.63) is 0 Å². The van der Waals surface area contributed by atoms with Crippen LogP contribution in [0.2, 0.25) is 0 Å². The molecule has 0 rings (SSSR count). The lowest BCUT2D eigenvalue weighted by atomic mass is 10.1. The summed E-state index contributed by atoms with van der Waals surface area (Å²) in [5, 5.41) is 9.51. The molecule has 0 bridgehead atoms. The predicted octanol–water partition coefficient (Wildman–Crippen LogP) is 12.7. The Kier molecular flexibility index (Phi) is 39.5. The third-order valence-corrected chi connectivity index (χ3v) is 10.6. The van der Waals surface area contributed by atoms with Gasteiger partial charge >= 0.3 is 12.1 Å². The molecule has 0 aromatic rings. The van der Waals surface area contributed by atoms with Crippen molar-refractivity contribution in [1.82, 2.24) is 16.0 Å². The molecule has 0 aromatic carbocycles. The van der Waals surface area contributed by atoms with E-state index in [1.54, 1.807) is 0 Å². The lowest BCUT2D eigenvalue weighted by Gasteiger charge is -2.21. The van der Waals surface area contributed by atoms with E-state index in [2.05, 4.69) is 36.7 Å². The molecule has 0 aliphatic heterocycles. The van der Waals surface area contributed by atoms with Crippen molar-refractivity contribution >= 4 is 18.0 Å². The molecule has 0 saturated heterocycles. The number of esters is 1.